The van der Waals surface area contributed by atoms with E-state index in [1.165, 1.54) is 0 Å². The van der Waals surface area contributed by atoms with Gasteiger partial charge in [-0.25, -0.2) is 9.98 Å². The lowest BCUT2D eigenvalue weighted by Gasteiger charge is -2.13. The maximum Gasteiger partial charge on any atom is 0.191 e. The van der Waals surface area contributed by atoms with Crippen molar-refractivity contribution in [3.8, 4) is 11.5 Å². The fourth-order valence-electron chi connectivity index (χ4n) is 2.46. The van der Waals surface area contributed by atoms with Crippen LogP contribution in [0, 0.1) is 0 Å². The van der Waals surface area contributed by atoms with E-state index in [9.17, 15) is 0 Å². The standard InChI is InChI=1S/C19H25ClN4O2.HI/c1-4-21-19(22-11-10-14-8-9-17(20)23-12-14)24-13-15-6-5-7-16(25-2)18(15)26-3;/h5-9,12H,4,10-11,13H2,1-3H3,(H2,21,22,24);1H. The number of rotatable bonds is 8. The zero-order valence-corrected chi connectivity index (χ0v) is 18.9. The molecule has 0 amide bonds. The van der Waals surface area contributed by atoms with E-state index in [1.54, 1.807) is 26.5 Å². The summed E-state index contributed by atoms with van der Waals surface area (Å²) in [6, 6.07) is 9.55. The molecule has 8 heteroatoms. The lowest BCUT2D eigenvalue weighted by atomic mass is 10.2. The van der Waals surface area contributed by atoms with Crippen LogP contribution in [-0.4, -0.2) is 38.3 Å². The lowest BCUT2D eigenvalue weighted by molar-refractivity contribution is 0.352. The van der Waals surface area contributed by atoms with Gasteiger partial charge in [-0.05, 0) is 31.0 Å². The van der Waals surface area contributed by atoms with Crippen LogP contribution in [0.3, 0.4) is 0 Å². The first-order valence-electron chi connectivity index (χ1n) is 8.50. The van der Waals surface area contributed by atoms with Gasteiger partial charge in [0.05, 0.1) is 20.8 Å². The Morgan fingerprint density at radius 1 is 1.15 bits per heavy atom. The van der Waals surface area contributed by atoms with E-state index in [4.69, 9.17) is 21.1 Å². The molecule has 1 aromatic heterocycles. The molecule has 0 fully saturated rings. The van der Waals surface area contributed by atoms with Crippen molar-refractivity contribution in [3.63, 3.8) is 0 Å². The van der Waals surface area contributed by atoms with Crippen LogP contribution < -0.4 is 20.1 Å². The van der Waals surface area contributed by atoms with Crippen molar-refractivity contribution in [2.24, 2.45) is 4.99 Å². The van der Waals surface area contributed by atoms with Gasteiger partial charge < -0.3 is 20.1 Å². The van der Waals surface area contributed by atoms with Gasteiger partial charge >= 0.3 is 0 Å². The molecule has 0 saturated carbocycles. The molecule has 0 bridgehead atoms. The number of benzene rings is 1. The number of halogens is 2. The monoisotopic (exact) mass is 504 g/mol. The van der Waals surface area contributed by atoms with Gasteiger partial charge in [0.1, 0.15) is 5.15 Å². The van der Waals surface area contributed by atoms with Crippen molar-refractivity contribution in [3.05, 3.63) is 52.8 Å². The van der Waals surface area contributed by atoms with Crippen molar-refractivity contribution in [1.82, 2.24) is 15.6 Å². The van der Waals surface area contributed by atoms with Crippen LogP contribution in [0.25, 0.3) is 0 Å². The molecule has 0 spiro atoms. The van der Waals surface area contributed by atoms with Gasteiger partial charge in [-0.3, -0.25) is 0 Å². The summed E-state index contributed by atoms with van der Waals surface area (Å²) in [5, 5.41) is 7.07. The Labute approximate surface area is 182 Å². The molecule has 2 rings (SSSR count). The Morgan fingerprint density at radius 3 is 2.59 bits per heavy atom. The Kier molecular flexibility index (Phi) is 10.9. The number of hydrogen-bond donors (Lipinski definition) is 2. The summed E-state index contributed by atoms with van der Waals surface area (Å²) < 4.78 is 10.8. The summed E-state index contributed by atoms with van der Waals surface area (Å²) in [5.74, 6) is 2.16. The molecule has 1 heterocycles. The first kappa shape index (κ1) is 23.3. The molecular formula is C19H26ClIN4O2. The molecule has 2 aromatic rings. The Bertz CT molecular complexity index is 726. The van der Waals surface area contributed by atoms with Crippen LogP contribution in [0.5, 0.6) is 11.5 Å². The Hall–Kier alpha value is -1.74. The molecule has 0 aliphatic carbocycles. The van der Waals surface area contributed by atoms with Crippen molar-refractivity contribution < 1.29 is 9.47 Å². The molecule has 6 nitrogen and oxygen atoms in total. The van der Waals surface area contributed by atoms with E-state index in [1.807, 2.05) is 31.2 Å². The van der Waals surface area contributed by atoms with Crippen molar-refractivity contribution in [2.75, 3.05) is 27.3 Å². The predicted octanol–water partition coefficient (Wildman–Crippen LogP) is 3.67. The number of para-hydroxylation sites is 1. The second-order valence-corrected chi connectivity index (χ2v) is 5.90. The van der Waals surface area contributed by atoms with Crippen LogP contribution in [0.1, 0.15) is 18.1 Å². The third-order valence-corrected chi connectivity index (χ3v) is 3.95. The molecule has 2 N–H and O–H groups in total. The molecule has 0 aliphatic heterocycles. The molecule has 27 heavy (non-hydrogen) atoms. The highest BCUT2D eigenvalue weighted by Crippen LogP contribution is 2.30. The SMILES string of the molecule is CCNC(=NCc1cccc(OC)c1OC)NCCc1ccc(Cl)nc1.I. The van der Waals surface area contributed by atoms with E-state index in [0.29, 0.717) is 23.2 Å². The first-order chi connectivity index (χ1) is 12.7. The van der Waals surface area contributed by atoms with Crippen molar-refractivity contribution in [2.45, 2.75) is 19.9 Å². The van der Waals surface area contributed by atoms with Gasteiger partial charge in [0.2, 0.25) is 0 Å². The first-order valence-corrected chi connectivity index (χ1v) is 8.88. The van der Waals surface area contributed by atoms with Crippen LogP contribution in [0.4, 0.5) is 0 Å². The van der Waals surface area contributed by atoms with E-state index < -0.39 is 0 Å². The van der Waals surface area contributed by atoms with Gasteiger partial charge in [0.15, 0.2) is 17.5 Å². The van der Waals surface area contributed by atoms with E-state index in [0.717, 1.165) is 36.6 Å². The highest BCUT2D eigenvalue weighted by atomic mass is 127. The maximum absolute atomic E-state index is 5.81. The number of guanidine groups is 1. The molecular weight excluding hydrogens is 479 g/mol. The smallest absolute Gasteiger partial charge is 0.191 e. The number of aromatic nitrogens is 1. The summed E-state index contributed by atoms with van der Waals surface area (Å²) in [7, 11) is 3.26. The topological polar surface area (TPSA) is 67.8 Å². The number of ether oxygens (including phenoxy) is 2. The van der Waals surface area contributed by atoms with E-state index in [-0.39, 0.29) is 24.0 Å². The molecule has 0 radical (unpaired) electrons. The van der Waals surface area contributed by atoms with Crippen molar-refractivity contribution in [1.29, 1.82) is 0 Å². The van der Waals surface area contributed by atoms with Crippen molar-refractivity contribution >= 4 is 41.5 Å². The average Bonchev–Trinajstić information content (AvgIpc) is 2.67. The fraction of sp³-hybridized carbons (Fsp3) is 0.368. The van der Waals surface area contributed by atoms with E-state index >= 15 is 0 Å². The van der Waals surface area contributed by atoms with Gasteiger partial charge in [-0.2, -0.15) is 0 Å². The number of nitrogens with one attached hydrogen (secondary N) is 2. The van der Waals surface area contributed by atoms with Gasteiger partial charge in [0.25, 0.3) is 0 Å². The molecule has 0 aliphatic rings. The minimum atomic E-state index is 0. The summed E-state index contributed by atoms with van der Waals surface area (Å²) in [6.07, 6.45) is 2.62. The van der Waals surface area contributed by atoms with Gasteiger partial charge in [-0.1, -0.05) is 29.8 Å². The molecule has 1 aromatic carbocycles. The number of aliphatic imine (C=N–C) groups is 1. The minimum absolute atomic E-state index is 0. The second kappa shape index (κ2) is 12.6. The quantitative estimate of drug-likeness (QED) is 0.249. The van der Waals surface area contributed by atoms with Crippen LogP contribution in [-0.2, 0) is 13.0 Å². The molecule has 148 valence electrons. The number of nitrogens with zero attached hydrogens (tertiary/aromatic N) is 2. The highest BCUT2D eigenvalue weighted by molar-refractivity contribution is 14.0. The summed E-state index contributed by atoms with van der Waals surface area (Å²) in [4.78, 5) is 8.73. The second-order valence-electron chi connectivity index (χ2n) is 5.51. The third-order valence-electron chi connectivity index (χ3n) is 3.73. The summed E-state index contributed by atoms with van der Waals surface area (Å²) >= 11 is 5.81. The van der Waals surface area contributed by atoms with Gasteiger partial charge in [0, 0.05) is 24.8 Å². The number of pyridine rings is 1. The molecule has 0 saturated heterocycles. The zero-order valence-electron chi connectivity index (χ0n) is 15.8. The average molecular weight is 505 g/mol. The largest absolute Gasteiger partial charge is 0.493 e. The fourth-order valence-corrected chi connectivity index (χ4v) is 2.58. The number of methoxy groups -OCH3 is 2. The Balaban J connectivity index is 0.00000364. The minimum Gasteiger partial charge on any atom is -0.493 e. The van der Waals surface area contributed by atoms with Crippen LogP contribution >= 0.6 is 35.6 Å². The highest BCUT2D eigenvalue weighted by Gasteiger charge is 2.09. The van der Waals surface area contributed by atoms with Crippen LogP contribution in [0.2, 0.25) is 5.15 Å². The summed E-state index contributed by atoms with van der Waals surface area (Å²) in [6.45, 7) is 4.04. The Morgan fingerprint density at radius 2 is 1.96 bits per heavy atom. The number of hydrogen-bond acceptors (Lipinski definition) is 4. The normalized spacial score (nSPS) is 10.7. The van der Waals surface area contributed by atoms with Gasteiger partial charge in [-0.15, -0.1) is 24.0 Å². The lowest BCUT2D eigenvalue weighted by Crippen LogP contribution is -2.38. The third kappa shape index (κ3) is 7.42. The molecule has 0 unspecified atom stereocenters. The zero-order chi connectivity index (χ0) is 18.8. The predicted molar refractivity (Wildman–Crippen MR) is 121 cm³/mol. The van der Waals surface area contributed by atoms with Crippen LogP contribution in [0.15, 0.2) is 41.5 Å². The maximum atomic E-state index is 5.81. The summed E-state index contributed by atoms with van der Waals surface area (Å²) in [5.41, 5.74) is 2.08. The van der Waals surface area contributed by atoms with E-state index in [2.05, 4.69) is 20.6 Å². The molecule has 0 atom stereocenters.